The molecule has 0 amide bonds. The Morgan fingerprint density at radius 3 is 2.61 bits per heavy atom. The number of anilines is 1. The van der Waals surface area contributed by atoms with Crippen molar-refractivity contribution in [2.24, 2.45) is 0 Å². The van der Waals surface area contributed by atoms with E-state index in [0.717, 1.165) is 11.3 Å². The third-order valence-electron chi connectivity index (χ3n) is 2.36. The van der Waals surface area contributed by atoms with Crippen LogP contribution >= 0.6 is 11.6 Å². The highest BCUT2D eigenvalue weighted by Crippen LogP contribution is 2.24. The highest BCUT2D eigenvalue weighted by molar-refractivity contribution is 6.32. The quantitative estimate of drug-likeness (QED) is 0.922. The molecule has 0 saturated heterocycles. The number of benzene rings is 1. The predicted octanol–water partition coefficient (Wildman–Crippen LogP) is 2.90. The summed E-state index contributed by atoms with van der Waals surface area (Å²) in [6.45, 7) is 0.390. The van der Waals surface area contributed by atoms with Gasteiger partial charge in [0, 0.05) is 0 Å². The van der Waals surface area contributed by atoms with E-state index in [9.17, 15) is 0 Å². The number of aromatic nitrogens is 1. The van der Waals surface area contributed by atoms with Gasteiger partial charge in [-0.1, -0.05) is 23.7 Å². The molecular formula is C13H13ClN2O2. The Hall–Kier alpha value is -1.94. The van der Waals surface area contributed by atoms with E-state index in [1.54, 1.807) is 13.2 Å². The molecule has 2 aromatic rings. The number of rotatable bonds is 4. The molecule has 0 radical (unpaired) electrons. The smallest absolute Gasteiger partial charge is 0.233 e. The number of nitrogens with zero attached hydrogens (tertiary/aromatic N) is 1. The van der Waals surface area contributed by atoms with Gasteiger partial charge in [-0.05, 0) is 23.8 Å². The minimum absolute atomic E-state index is 0.377. The maximum absolute atomic E-state index is 5.96. The second kappa shape index (κ2) is 5.60. The van der Waals surface area contributed by atoms with Gasteiger partial charge in [0.05, 0.1) is 19.0 Å². The molecule has 0 spiro atoms. The van der Waals surface area contributed by atoms with Crippen molar-refractivity contribution >= 4 is 17.3 Å². The molecule has 0 saturated carbocycles. The molecule has 94 valence electrons. The summed E-state index contributed by atoms with van der Waals surface area (Å²) in [4.78, 5) is 4.02. The fourth-order valence-electron chi connectivity index (χ4n) is 1.42. The van der Waals surface area contributed by atoms with E-state index in [1.807, 2.05) is 24.3 Å². The van der Waals surface area contributed by atoms with Gasteiger partial charge in [0.2, 0.25) is 5.88 Å². The number of pyridine rings is 1. The van der Waals surface area contributed by atoms with Crippen molar-refractivity contribution in [3.63, 3.8) is 0 Å². The lowest BCUT2D eigenvalue weighted by Crippen LogP contribution is -1.98. The topological polar surface area (TPSA) is 57.4 Å². The van der Waals surface area contributed by atoms with E-state index >= 15 is 0 Å². The summed E-state index contributed by atoms with van der Waals surface area (Å²) >= 11 is 5.96. The van der Waals surface area contributed by atoms with E-state index in [0.29, 0.717) is 23.2 Å². The van der Waals surface area contributed by atoms with Crippen molar-refractivity contribution in [1.29, 1.82) is 0 Å². The molecule has 0 unspecified atom stereocenters. The van der Waals surface area contributed by atoms with Gasteiger partial charge in [0.15, 0.2) is 0 Å². The zero-order valence-electron chi connectivity index (χ0n) is 9.89. The van der Waals surface area contributed by atoms with Gasteiger partial charge in [-0.3, -0.25) is 0 Å². The Balaban J connectivity index is 2.02. The molecule has 0 aliphatic rings. The Morgan fingerprint density at radius 1 is 1.28 bits per heavy atom. The highest BCUT2D eigenvalue weighted by Gasteiger charge is 2.04. The van der Waals surface area contributed by atoms with Crippen LogP contribution in [0.3, 0.4) is 0 Å². The van der Waals surface area contributed by atoms with Crippen LogP contribution < -0.4 is 15.2 Å². The molecule has 0 bridgehead atoms. The molecule has 2 N–H and O–H groups in total. The van der Waals surface area contributed by atoms with E-state index in [1.165, 1.54) is 6.20 Å². The summed E-state index contributed by atoms with van der Waals surface area (Å²) in [5.74, 6) is 1.18. The number of ether oxygens (including phenoxy) is 2. The van der Waals surface area contributed by atoms with Crippen molar-refractivity contribution in [2.45, 2.75) is 6.61 Å². The summed E-state index contributed by atoms with van der Waals surface area (Å²) in [5.41, 5.74) is 7.07. The fraction of sp³-hybridized carbons (Fsp3) is 0.154. The molecule has 0 fully saturated rings. The molecule has 1 aromatic carbocycles. The lowest BCUT2D eigenvalue weighted by atomic mass is 10.2. The third kappa shape index (κ3) is 3.05. The minimum Gasteiger partial charge on any atom is -0.497 e. The van der Waals surface area contributed by atoms with Crippen LogP contribution in [0.5, 0.6) is 11.6 Å². The maximum atomic E-state index is 5.96. The first-order valence-electron chi connectivity index (χ1n) is 5.36. The van der Waals surface area contributed by atoms with Crippen molar-refractivity contribution in [3.8, 4) is 11.6 Å². The number of nitrogens with two attached hydrogens (primary N) is 1. The highest BCUT2D eigenvalue weighted by atomic mass is 35.5. The van der Waals surface area contributed by atoms with E-state index in [-0.39, 0.29) is 0 Å². The number of nitrogen functional groups attached to an aromatic ring is 1. The Kier molecular flexibility index (Phi) is 3.89. The van der Waals surface area contributed by atoms with Crippen molar-refractivity contribution in [1.82, 2.24) is 4.98 Å². The number of methoxy groups -OCH3 is 1. The second-order valence-corrected chi connectivity index (χ2v) is 4.10. The monoisotopic (exact) mass is 264 g/mol. The van der Waals surface area contributed by atoms with Gasteiger partial charge < -0.3 is 15.2 Å². The molecule has 18 heavy (non-hydrogen) atoms. The zero-order chi connectivity index (χ0) is 13.0. The zero-order valence-corrected chi connectivity index (χ0v) is 10.6. The fourth-order valence-corrected chi connectivity index (χ4v) is 1.65. The summed E-state index contributed by atoms with van der Waals surface area (Å²) in [5, 5.41) is 0.406. The molecule has 2 rings (SSSR count). The van der Waals surface area contributed by atoms with Crippen LogP contribution in [0.15, 0.2) is 36.5 Å². The molecule has 5 heteroatoms. The Morgan fingerprint density at radius 2 is 2.00 bits per heavy atom. The van der Waals surface area contributed by atoms with E-state index in [2.05, 4.69) is 4.98 Å². The predicted molar refractivity (Wildman–Crippen MR) is 71.0 cm³/mol. The first-order chi connectivity index (χ1) is 8.69. The summed E-state index contributed by atoms with van der Waals surface area (Å²) < 4.78 is 10.6. The van der Waals surface area contributed by atoms with Gasteiger partial charge in [-0.15, -0.1) is 0 Å². The second-order valence-electron chi connectivity index (χ2n) is 3.69. The number of halogens is 1. The third-order valence-corrected chi connectivity index (χ3v) is 2.63. The van der Waals surface area contributed by atoms with Gasteiger partial charge in [0.1, 0.15) is 17.4 Å². The molecule has 0 aliphatic carbocycles. The van der Waals surface area contributed by atoms with Gasteiger partial charge in [-0.25, -0.2) is 4.98 Å². The normalized spacial score (nSPS) is 10.1. The van der Waals surface area contributed by atoms with Gasteiger partial charge in [-0.2, -0.15) is 0 Å². The summed E-state index contributed by atoms with van der Waals surface area (Å²) in [6.07, 6.45) is 1.51. The van der Waals surface area contributed by atoms with Crippen LogP contribution in [0.1, 0.15) is 5.56 Å². The van der Waals surface area contributed by atoms with Crippen molar-refractivity contribution in [2.75, 3.05) is 12.8 Å². The summed E-state index contributed by atoms with van der Waals surface area (Å²) in [7, 11) is 1.63. The lowest BCUT2D eigenvalue weighted by Gasteiger charge is -2.08. The summed E-state index contributed by atoms with van der Waals surface area (Å²) in [6, 6.07) is 9.19. The Bertz CT molecular complexity index is 529. The average molecular weight is 265 g/mol. The molecule has 0 aliphatic heterocycles. The molecule has 1 heterocycles. The van der Waals surface area contributed by atoms with Crippen LogP contribution in [0.25, 0.3) is 0 Å². The van der Waals surface area contributed by atoms with Crippen molar-refractivity contribution < 1.29 is 9.47 Å². The number of hydrogen-bond acceptors (Lipinski definition) is 4. The van der Waals surface area contributed by atoms with Crippen molar-refractivity contribution in [3.05, 3.63) is 47.1 Å². The van der Waals surface area contributed by atoms with Gasteiger partial charge in [0.25, 0.3) is 0 Å². The first-order valence-corrected chi connectivity index (χ1v) is 5.73. The molecular weight excluding hydrogens is 252 g/mol. The van der Waals surface area contributed by atoms with Crippen LogP contribution in [-0.4, -0.2) is 12.1 Å². The van der Waals surface area contributed by atoms with Crippen LogP contribution in [-0.2, 0) is 6.61 Å². The van der Waals surface area contributed by atoms with E-state index in [4.69, 9.17) is 26.8 Å². The molecule has 0 atom stereocenters. The van der Waals surface area contributed by atoms with Crippen LogP contribution in [0, 0.1) is 0 Å². The standard InChI is InChI=1S/C13H13ClN2O2/c1-17-11-4-2-9(3-5-11)8-18-13-12(14)6-10(15)7-16-13/h2-7H,8,15H2,1H3. The Labute approximate surface area is 110 Å². The number of hydrogen-bond donors (Lipinski definition) is 1. The largest absolute Gasteiger partial charge is 0.497 e. The van der Waals surface area contributed by atoms with E-state index < -0.39 is 0 Å². The minimum atomic E-state index is 0.377. The first kappa shape index (κ1) is 12.5. The molecule has 4 nitrogen and oxygen atoms in total. The lowest BCUT2D eigenvalue weighted by molar-refractivity contribution is 0.294. The SMILES string of the molecule is COc1ccc(COc2ncc(N)cc2Cl)cc1. The van der Waals surface area contributed by atoms with Crippen LogP contribution in [0.4, 0.5) is 5.69 Å². The average Bonchev–Trinajstić information content (AvgIpc) is 2.38. The van der Waals surface area contributed by atoms with Gasteiger partial charge >= 0.3 is 0 Å². The molecule has 1 aromatic heterocycles. The van der Waals surface area contributed by atoms with Crippen LogP contribution in [0.2, 0.25) is 5.02 Å². The maximum Gasteiger partial charge on any atom is 0.233 e.